The predicted molar refractivity (Wildman–Crippen MR) is 235 cm³/mol. The standard InChI is InChI=1S/C53H37N3/c1-6-16-38(17-7-1)39-26-28-40(29-27-39)41-30-32-47(33-31-41)55(46-24-14-5-15-25-46)48-34-35-49-45(36-48)37-50(42-18-8-2-9-19-42)56-53(49)51(43-20-10-3-11-21-43)52(54-56)44-22-12-4-13-23-44/h1-37H. The molecule has 2 aromatic heterocycles. The number of nitrogens with zero attached hydrogens (tertiary/aromatic N) is 3. The molecule has 0 atom stereocenters. The maximum absolute atomic E-state index is 5.40. The summed E-state index contributed by atoms with van der Waals surface area (Å²) in [4.78, 5) is 2.35. The van der Waals surface area contributed by atoms with Gasteiger partial charge in [-0.3, -0.25) is 0 Å². The average Bonchev–Trinajstić information content (AvgIpc) is 3.69. The first kappa shape index (κ1) is 33.1. The van der Waals surface area contributed by atoms with Crippen LogP contribution in [0.3, 0.4) is 0 Å². The molecule has 3 nitrogen and oxygen atoms in total. The highest BCUT2D eigenvalue weighted by atomic mass is 15.2. The van der Waals surface area contributed by atoms with Gasteiger partial charge in [0, 0.05) is 39.1 Å². The van der Waals surface area contributed by atoms with Crippen LogP contribution in [-0.4, -0.2) is 9.61 Å². The van der Waals surface area contributed by atoms with E-state index >= 15 is 0 Å². The van der Waals surface area contributed by atoms with Crippen LogP contribution in [0.1, 0.15) is 0 Å². The van der Waals surface area contributed by atoms with Crippen LogP contribution in [0.4, 0.5) is 17.1 Å². The number of fused-ring (bicyclic) bond motifs is 3. The summed E-state index contributed by atoms with van der Waals surface area (Å²) in [7, 11) is 0. The second kappa shape index (κ2) is 14.4. The number of hydrogen-bond donors (Lipinski definition) is 0. The van der Waals surface area contributed by atoms with Crippen molar-refractivity contribution in [3.8, 4) is 55.9 Å². The van der Waals surface area contributed by atoms with Gasteiger partial charge in [0.15, 0.2) is 0 Å². The van der Waals surface area contributed by atoms with Gasteiger partial charge in [0.1, 0.15) is 5.69 Å². The molecule has 0 bridgehead atoms. The lowest BCUT2D eigenvalue weighted by molar-refractivity contribution is 0.979. The molecule has 0 N–H and O–H groups in total. The molecule has 0 saturated carbocycles. The van der Waals surface area contributed by atoms with E-state index in [1.807, 2.05) is 0 Å². The molecule has 56 heavy (non-hydrogen) atoms. The number of para-hydroxylation sites is 1. The number of benzene rings is 8. The normalized spacial score (nSPS) is 11.2. The topological polar surface area (TPSA) is 20.5 Å². The Morgan fingerprint density at radius 2 is 0.768 bits per heavy atom. The molecule has 10 rings (SSSR count). The van der Waals surface area contributed by atoms with Gasteiger partial charge in [-0.05, 0) is 75.7 Å². The number of anilines is 3. The summed E-state index contributed by atoms with van der Waals surface area (Å²) in [6.45, 7) is 0. The zero-order valence-electron chi connectivity index (χ0n) is 30.7. The van der Waals surface area contributed by atoms with Gasteiger partial charge in [-0.1, -0.05) is 182 Å². The van der Waals surface area contributed by atoms with E-state index in [0.717, 1.165) is 67.0 Å². The first-order valence-electron chi connectivity index (χ1n) is 19.1. The summed E-state index contributed by atoms with van der Waals surface area (Å²) in [6.07, 6.45) is 0. The van der Waals surface area contributed by atoms with Crippen molar-refractivity contribution >= 4 is 33.4 Å². The molecule has 2 heterocycles. The van der Waals surface area contributed by atoms with E-state index in [4.69, 9.17) is 5.10 Å². The first-order chi connectivity index (χ1) is 27.8. The highest BCUT2D eigenvalue weighted by Crippen LogP contribution is 2.43. The molecule has 0 fully saturated rings. The van der Waals surface area contributed by atoms with Gasteiger partial charge >= 0.3 is 0 Å². The molecule has 0 radical (unpaired) electrons. The largest absolute Gasteiger partial charge is 0.310 e. The van der Waals surface area contributed by atoms with Crippen LogP contribution in [-0.2, 0) is 0 Å². The Labute approximate surface area is 327 Å². The fourth-order valence-corrected chi connectivity index (χ4v) is 7.88. The van der Waals surface area contributed by atoms with Crippen molar-refractivity contribution in [1.29, 1.82) is 0 Å². The van der Waals surface area contributed by atoms with Gasteiger partial charge in [-0.15, -0.1) is 0 Å². The summed E-state index contributed by atoms with van der Waals surface area (Å²) >= 11 is 0. The molecular weight excluding hydrogens is 679 g/mol. The zero-order chi connectivity index (χ0) is 37.3. The van der Waals surface area contributed by atoms with Crippen LogP contribution >= 0.6 is 0 Å². The van der Waals surface area contributed by atoms with Crippen molar-refractivity contribution in [3.63, 3.8) is 0 Å². The van der Waals surface area contributed by atoms with Crippen molar-refractivity contribution < 1.29 is 0 Å². The van der Waals surface area contributed by atoms with Gasteiger partial charge in [-0.2, -0.15) is 5.10 Å². The van der Waals surface area contributed by atoms with E-state index in [0.29, 0.717) is 0 Å². The van der Waals surface area contributed by atoms with Gasteiger partial charge in [0.25, 0.3) is 0 Å². The van der Waals surface area contributed by atoms with Crippen LogP contribution in [0.5, 0.6) is 0 Å². The summed E-state index contributed by atoms with van der Waals surface area (Å²) in [5.41, 5.74) is 15.6. The monoisotopic (exact) mass is 715 g/mol. The van der Waals surface area contributed by atoms with Crippen molar-refractivity contribution in [2.75, 3.05) is 4.90 Å². The fraction of sp³-hybridized carbons (Fsp3) is 0. The number of rotatable bonds is 8. The smallest absolute Gasteiger partial charge is 0.101 e. The summed E-state index contributed by atoms with van der Waals surface area (Å²) < 4.78 is 2.15. The number of hydrogen-bond acceptors (Lipinski definition) is 2. The average molecular weight is 716 g/mol. The van der Waals surface area contributed by atoms with E-state index < -0.39 is 0 Å². The van der Waals surface area contributed by atoms with Crippen molar-refractivity contribution in [3.05, 3.63) is 224 Å². The molecule has 0 aliphatic rings. The Balaban J connectivity index is 1.14. The minimum atomic E-state index is 0.964. The molecule has 0 unspecified atom stereocenters. The minimum absolute atomic E-state index is 0.964. The number of aromatic nitrogens is 2. The zero-order valence-corrected chi connectivity index (χ0v) is 30.7. The van der Waals surface area contributed by atoms with Crippen molar-refractivity contribution in [2.24, 2.45) is 0 Å². The minimum Gasteiger partial charge on any atom is -0.310 e. The maximum atomic E-state index is 5.40. The summed E-state index contributed by atoms with van der Waals surface area (Å²) in [5, 5.41) is 7.68. The molecule has 0 spiro atoms. The lowest BCUT2D eigenvalue weighted by atomic mass is 9.96. The molecule has 8 aromatic carbocycles. The number of pyridine rings is 1. The van der Waals surface area contributed by atoms with Crippen molar-refractivity contribution in [2.45, 2.75) is 0 Å². The second-order valence-corrected chi connectivity index (χ2v) is 14.0. The molecule has 3 heteroatoms. The summed E-state index contributed by atoms with van der Waals surface area (Å²) in [6, 6.07) is 79.9. The molecule has 10 aromatic rings. The van der Waals surface area contributed by atoms with Gasteiger partial charge in [0.2, 0.25) is 0 Å². The van der Waals surface area contributed by atoms with E-state index in [9.17, 15) is 0 Å². The lowest BCUT2D eigenvalue weighted by Gasteiger charge is -2.26. The Bertz CT molecular complexity index is 2900. The summed E-state index contributed by atoms with van der Waals surface area (Å²) in [5.74, 6) is 0. The van der Waals surface area contributed by atoms with Crippen LogP contribution in [0.25, 0.3) is 72.2 Å². The van der Waals surface area contributed by atoms with E-state index in [1.165, 1.54) is 22.3 Å². The Hall–Kier alpha value is -7.49. The molecular formula is C53H37N3. The predicted octanol–water partition coefficient (Wildman–Crippen LogP) is 14.3. The van der Waals surface area contributed by atoms with Crippen LogP contribution in [0.2, 0.25) is 0 Å². The van der Waals surface area contributed by atoms with E-state index in [2.05, 4.69) is 234 Å². The highest BCUT2D eigenvalue weighted by molar-refractivity contribution is 6.09. The lowest BCUT2D eigenvalue weighted by Crippen LogP contribution is -2.09. The Morgan fingerprint density at radius 3 is 1.34 bits per heavy atom. The van der Waals surface area contributed by atoms with Gasteiger partial charge < -0.3 is 4.90 Å². The van der Waals surface area contributed by atoms with E-state index in [-0.39, 0.29) is 0 Å². The first-order valence-corrected chi connectivity index (χ1v) is 19.1. The third kappa shape index (κ3) is 6.12. The van der Waals surface area contributed by atoms with Crippen LogP contribution in [0.15, 0.2) is 224 Å². The fourth-order valence-electron chi connectivity index (χ4n) is 7.88. The van der Waals surface area contributed by atoms with Crippen LogP contribution in [0, 0.1) is 0 Å². The molecule has 0 saturated heterocycles. The van der Waals surface area contributed by atoms with Gasteiger partial charge in [0.05, 0.1) is 11.2 Å². The molecule has 264 valence electrons. The van der Waals surface area contributed by atoms with Crippen LogP contribution < -0.4 is 4.90 Å². The highest BCUT2D eigenvalue weighted by Gasteiger charge is 2.22. The second-order valence-electron chi connectivity index (χ2n) is 14.0. The van der Waals surface area contributed by atoms with E-state index in [1.54, 1.807) is 0 Å². The van der Waals surface area contributed by atoms with Gasteiger partial charge in [-0.25, -0.2) is 4.52 Å². The molecule has 0 aliphatic carbocycles. The molecule has 0 amide bonds. The third-order valence-corrected chi connectivity index (χ3v) is 10.6. The molecule has 0 aliphatic heterocycles. The Morgan fingerprint density at radius 1 is 0.339 bits per heavy atom. The SMILES string of the molecule is c1ccc(-c2ccc(-c3ccc(N(c4ccccc4)c4ccc5c(c4)cc(-c4ccccc4)n4nc(-c6ccccc6)c(-c6ccccc6)c54)cc3)cc2)cc1. The quantitative estimate of drug-likeness (QED) is 0.156. The Kier molecular flexibility index (Phi) is 8.51. The van der Waals surface area contributed by atoms with Crippen molar-refractivity contribution in [1.82, 2.24) is 9.61 Å². The third-order valence-electron chi connectivity index (χ3n) is 10.6. The maximum Gasteiger partial charge on any atom is 0.101 e.